The highest BCUT2D eigenvalue weighted by Gasteiger charge is 2.28. The van der Waals surface area contributed by atoms with Crippen LogP contribution in [-0.2, 0) is 16.1 Å². The molecule has 1 unspecified atom stereocenters. The van der Waals surface area contributed by atoms with E-state index in [9.17, 15) is 4.79 Å². The number of hydrogen-bond donors (Lipinski definition) is 1. The molecule has 1 atom stereocenters. The van der Waals surface area contributed by atoms with E-state index in [1.54, 1.807) is 7.05 Å². The second-order valence-electron chi connectivity index (χ2n) is 6.02. The first-order valence-electron chi connectivity index (χ1n) is 9.01. The molecular formula is C19H29N3O3. The second kappa shape index (κ2) is 9.91. The fourth-order valence-corrected chi connectivity index (χ4v) is 3.05. The minimum atomic E-state index is -0.105. The molecule has 1 aromatic rings. The predicted molar refractivity (Wildman–Crippen MR) is 98.7 cm³/mol. The average Bonchev–Trinajstić information content (AvgIpc) is 2.63. The number of likely N-dealkylation sites (tertiary alicyclic amines) is 1. The van der Waals surface area contributed by atoms with Crippen molar-refractivity contribution in [2.45, 2.75) is 33.2 Å². The third kappa shape index (κ3) is 5.66. The number of nitrogens with zero attached hydrogens (tertiary/aromatic N) is 2. The van der Waals surface area contributed by atoms with Gasteiger partial charge in [0.25, 0.3) is 0 Å². The summed E-state index contributed by atoms with van der Waals surface area (Å²) < 4.78 is 10.7. The number of piperidine rings is 1. The number of nitrogens with one attached hydrogen (secondary N) is 1. The maximum Gasteiger partial charge on any atom is 0.310 e. The Morgan fingerprint density at radius 2 is 2.20 bits per heavy atom. The van der Waals surface area contributed by atoms with Crippen LogP contribution in [0.3, 0.4) is 0 Å². The van der Waals surface area contributed by atoms with Crippen molar-refractivity contribution in [1.29, 1.82) is 0 Å². The van der Waals surface area contributed by atoms with Gasteiger partial charge in [0.05, 0.1) is 19.1 Å². The van der Waals surface area contributed by atoms with Gasteiger partial charge < -0.3 is 19.7 Å². The SMILES string of the molecule is CCOC(=O)C1CCCN(C(=NC)NCc2cccc(OCC)c2)C1. The molecular weight excluding hydrogens is 318 g/mol. The van der Waals surface area contributed by atoms with Gasteiger partial charge in [-0.15, -0.1) is 0 Å². The molecule has 1 aliphatic heterocycles. The van der Waals surface area contributed by atoms with Crippen LogP contribution in [0.5, 0.6) is 5.75 Å². The molecule has 1 N–H and O–H groups in total. The van der Waals surface area contributed by atoms with E-state index in [-0.39, 0.29) is 11.9 Å². The molecule has 0 radical (unpaired) electrons. The molecule has 1 fully saturated rings. The van der Waals surface area contributed by atoms with Crippen molar-refractivity contribution in [3.63, 3.8) is 0 Å². The van der Waals surface area contributed by atoms with E-state index >= 15 is 0 Å². The van der Waals surface area contributed by atoms with Crippen molar-refractivity contribution < 1.29 is 14.3 Å². The highest BCUT2D eigenvalue weighted by Crippen LogP contribution is 2.18. The van der Waals surface area contributed by atoms with Crippen LogP contribution in [0.15, 0.2) is 29.3 Å². The van der Waals surface area contributed by atoms with Gasteiger partial charge >= 0.3 is 5.97 Å². The summed E-state index contributed by atoms with van der Waals surface area (Å²) in [7, 11) is 1.77. The Balaban J connectivity index is 1.93. The van der Waals surface area contributed by atoms with Gasteiger partial charge in [-0.2, -0.15) is 0 Å². The summed E-state index contributed by atoms with van der Waals surface area (Å²) in [5.41, 5.74) is 1.13. The van der Waals surface area contributed by atoms with Crippen molar-refractivity contribution >= 4 is 11.9 Å². The Morgan fingerprint density at radius 3 is 2.92 bits per heavy atom. The Morgan fingerprint density at radius 1 is 1.36 bits per heavy atom. The van der Waals surface area contributed by atoms with Crippen LogP contribution in [-0.4, -0.2) is 50.2 Å². The van der Waals surface area contributed by atoms with Gasteiger partial charge in [-0.3, -0.25) is 9.79 Å². The summed E-state index contributed by atoms with van der Waals surface area (Å²) in [6.45, 7) is 7.11. The van der Waals surface area contributed by atoms with E-state index < -0.39 is 0 Å². The molecule has 1 aromatic carbocycles. The first kappa shape index (κ1) is 19.1. The van der Waals surface area contributed by atoms with E-state index in [0.29, 0.717) is 26.3 Å². The van der Waals surface area contributed by atoms with Crippen molar-refractivity contribution in [3.05, 3.63) is 29.8 Å². The number of aliphatic imine (C=N–C) groups is 1. The van der Waals surface area contributed by atoms with Crippen molar-refractivity contribution in [2.75, 3.05) is 33.4 Å². The summed E-state index contributed by atoms with van der Waals surface area (Å²) in [6, 6.07) is 8.03. The first-order chi connectivity index (χ1) is 12.2. The van der Waals surface area contributed by atoms with Crippen LogP contribution in [0.1, 0.15) is 32.3 Å². The summed E-state index contributed by atoms with van der Waals surface area (Å²) in [5.74, 6) is 1.51. The van der Waals surface area contributed by atoms with Crippen LogP contribution in [0.2, 0.25) is 0 Å². The number of benzene rings is 1. The summed E-state index contributed by atoms with van der Waals surface area (Å²) in [6.07, 6.45) is 1.84. The third-order valence-corrected chi connectivity index (χ3v) is 4.21. The number of carbonyl (C=O) groups excluding carboxylic acids is 1. The zero-order chi connectivity index (χ0) is 18.1. The van der Waals surface area contributed by atoms with E-state index in [4.69, 9.17) is 9.47 Å². The van der Waals surface area contributed by atoms with Gasteiger partial charge in [-0.05, 0) is 44.4 Å². The van der Waals surface area contributed by atoms with Crippen LogP contribution in [0, 0.1) is 5.92 Å². The van der Waals surface area contributed by atoms with Gasteiger partial charge in [-0.1, -0.05) is 12.1 Å². The molecule has 1 heterocycles. The number of hydrogen-bond acceptors (Lipinski definition) is 4. The number of esters is 1. The highest BCUT2D eigenvalue weighted by atomic mass is 16.5. The molecule has 1 aliphatic rings. The number of rotatable bonds is 6. The van der Waals surface area contributed by atoms with Gasteiger partial charge in [0.1, 0.15) is 5.75 Å². The molecule has 138 valence electrons. The molecule has 1 saturated heterocycles. The molecule has 0 amide bonds. The van der Waals surface area contributed by atoms with E-state index in [2.05, 4.69) is 21.3 Å². The van der Waals surface area contributed by atoms with Gasteiger partial charge in [0.2, 0.25) is 0 Å². The quantitative estimate of drug-likeness (QED) is 0.486. The average molecular weight is 347 g/mol. The molecule has 6 nitrogen and oxygen atoms in total. The fraction of sp³-hybridized carbons (Fsp3) is 0.579. The molecule has 0 bridgehead atoms. The van der Waals surface area contributed by atoms with Crippen molar-refractivity contribution in [2.24, 2.45) is 10.9 Å². The van der Waals surface area contributed by atoms with Crippen LogP contribution in [0.25, 0.3) is 0 Å². The molecule has 0 aliphatic carbocycles. The lowest BCUT2D eigenvalue weighted by molar-refractivity contribution is -0.149. The zero-order valence-corrected chi connectivity index (χ0v) is 15.5. The summed E-state index contributed by atoms with van der Waals surface area (Å²) >= 11 is 0. The third-order valence-electron chi connectivity index (χ3n) is 4.21. The largest absolute Gasteiger partial charge is 0.494 e. The van der Waals surface area contributed by atoms with E-state index in [1.807, 2.05) is 32.0 Å². The Bertz CT molecular complexity index is 589. The molecule has 0 aromatic heterocycles. The fourth-order valence-electron chi connectivity index (χ4n) is 3.05. The zero-order valence-electron chi connectivity index (χ0n) is 15.5. The standard InChI is InChI=1S/C19H29N3O3/c1-4-24-17-10-6-8-15(12-17)13-21-19(20-3)22-11-7-9-16(14-22)18(23)25-5-2/h6,8,10,12,16H,4-5,7,9,11,13-14H2,1-3H3,(H,20,21). The summed E-state index contributed by atoms with van der Waals surface area (Å²) in [4.78, 5) is 18.5. The van der Waals surface area contributed by atoms with Crippen LogP contribution < -0.4 is 10.1 Å². The van der Waals surface area contributed by atoms with Crippen LogP contribution >= 0.6 is 0 Å². The smallest absolute Gasteiger partial charge is 0.310 e. The van der Waals surface area contributed by atoms with Crippen molar-refractivity contribution in [3.8, 4) is 5.75 Å². The van der Waals surface area contributed by atoms with Crippen molar-refractivity contribution in [1.82, 2.24) is 10.2 Å². The minimum Gasteiger partial charge on any atom is -0.494 e. The number of carbonyl (C=O) groups is 1. The van der Waals surface area contributed by atoms with E-state index in [0.717, 1.165) is 36.7 Å². The maximum atomic E-state index is 12.0. The summed E-state index contributed by atoms with van der Waals surface area (Å²) in [5, 5.41) is 3.38. The molecule has 0 spiro atoms. The lowest BCUT2D eigenvalue weighted by atomic mass is 9.98. The van der Waals surface area contributed by atoms with Gasteiger partial charge in [0, 0.05) is 26.7 Å². The molecule has 2 rings (SSSR count). The predicted octanol–water partition coefficient (Wildman–Crippen LogP) is 2.44. The Labute approximate surface area is 150 Å². The minimum absolute atomic E-state index is 0.0754. The van der Waals surface area contributed by atoms with Gasteiger partial charge in [0.15, 0.2) is 5.96 Å². The normalized spacial score (nSPS) is 18.0. The Kier molecular flexibility index (Phi) is 7.57. The number of ether oxygens (including phenoxy) is 2. The maximum absolute atomic E-state index is 12.0. The van der Waals surface area contributed by atoms with Crippen LogP contribution in [0.4, 0.5) is 0 Å². The lowest BCUT2D eigenvalue weighted by Gasteiger charge is -2.34. The monoisotopic (exact) mass is 347 g/mol. The Hall–Kier alpha value is -2.24. The lowest BCUT2D eigenvalue weighted by Crippen LogP contribution is -2.48. The first-order valence-corrected chi connectivity index (χ1v) is 9.01. The topological polar surface area (TPSA) is 63.2 Å². The molecule has 25 heavy (non-hydrogen) atoms. The number of guanidine groups is 1. The molecule has 0 saturated carbocycles. The molecule has 6 heteroatoms. The van der Waals surface area contributed by atoms with E-state index in [1.165, 1.54) is 0 Å². The second-order valence-corrected chi connectivity index (χ2v) is 6.02. The van der Waals surface area contributed by atoms with Gasteiger partial charge in [-0.25, -0.2) is 0 Å². The highest BCUT2D eigenvalue weighted by molar-refractivity contribution is 5.81.